The Bertz CT molecular complexity index is 850. The van der Waals surface area contributed by atoms with E-state index in [2.05, 4.69) is 35.2 Å². The molecule has 1 aromatic carbocycles. The van der Waals surface area contributed by atoms with E-state index in [1.807, 2.05) is 27.9 Å². The van der Waals surface area contributed by atoms with Gasteiger partial charge in [-0.2, -0.15) is 5.10 Å². The van der Waals surface area contributed by atoms with Gasteiger partial charge in [0.15, 0.2) is 0 Å². The van der Waals surface area contributed by atoms with Crippen LogP contribution in [0.15, 0.2) is 42.7 Å². The number of nitrogens with zero attached hydrogens (tertiary/aromatic N) is 3. The molecule has 1 N–H and O–H groups in total. The number of hydrogen-bond donors (Lipinski definition) is 1. The molecule has 24 heavy (non-hydrogen) atoms. The van der Waals surface area contributed by atoms with Gasteiger partial charge in [0.1, 0.15) is 0 Å². The number of nitrogens with one attached hydrogen (secondary N) is 1. The van der Waals surface area contributed by atoms with Crippen LogP contribution >= 0.6 is 0 Å². The molecular weight excluding hydrogens is 300 g/mol. The van der Waals surface area contributed by atoms with Gasteiger partial charge in [-0.1, -0.05) is 18.2 Å². The van der Waals surface area contributed by atoms with Crippen LogP contribution in [0.2, 0.25) is 0 Å². The van der Waals surface area contributed by atoms with Crippen LogP contribution in [0.4, 0.5) is 0 Å². The number of rotatable bonds is 4. The summed E-state index contributed by atoms with van der Waals surface area (Å²) >= 11 is 0. The largest absolute Gasteiger partial charge is 0.356 e. The topological polar surface area (TPSA) is 53.9 Å². The Hall–Kier alpha value is -2.56. The maximum absolute atomic E-state index is 12.6. The highest BCUT2D eigenvalue weighted by atomic mass is 16.2. The molecule has 5 nitrogen and oxygen atoms in total. The molecule has 0 saturated heterocycles. The summed E-state index contributed by atoms with van der Waals surface area (Å²) < 4.78 is 1.88. The first-order valence-electron chi connectivity index (χ1n) is 8.60. The van der Waals surface area contributed by atoms with Crippen molar-refractivity contribution in [3.05, 3.63) is 54.0 Å². The molecule has 2 aromatic heterocycles. The standard InChI is InChI=1S/C19H22N4O/c1-14-19-16(15-6-2-3-7-17(15)21-19)9-13-23(14)18(24)8-4-11-22-12-5-10-20-22/h2-3,5-7,10,12,14,21H,4,8-9,11,13H2,1H3. The van der Waals surface area contributed by atoms with E-state index in [-0.39, 0.29) is 11.9 Å². The predicted molar refractivity (Wildman–Crippen MR) is 93.6 cm³/mol. The molecule has 3 aromatic rings. The molecule has 1 amide bonds. The van der Waals surface area contributed by atoms with Crippen molar-refractivity contribution in [2.24, 2.45) is 0 Å². The van der Waals surface area contributed by atoms with Gasteiger partial charge in [0, 0.05) is 48.5 Å². The zero-order valence-electron chi connectivity index (χ0n) is 13.9. The average molecular weight is 322 g/mol. The Morgan fingerprint density at radius 2 is 2.21 bits per heavy atom. The van der Waals surface area contributed by atoms with Crippen molar-refractivity contribution >= 4 is 16.8 Å². The number of carbonyl (C=O) groups excluding carboxylic acids is 1. The van der Waals surface area contributed by atoms with E-state index >= 15 is 0 Å². The molecule has 0 bridgehead atoms. The van der Waals surface area contributed by atoms with Crippen molar-refractivity contribution in [1.29, 1.82) is 0 Å². The third-order valence-corrected chi connectivity index (χ3v) is 4.99. The second-order valence-electron chi connectivity index (χ2n) is 6.45. The van der Waals surface area contributed by atoms with Gasteiger partial charge in [0.25, 0.3) is 0 Å². The lowest BCUT2D eigenvalue weighted by Crippen LogP contribution is -2.38. The second kappa shape index (κ2) is 6.15. The molecule has 1 aliphatic rings. The molecule has 1 aliphatic heterocycles. The lowest BCUT2D eigenvalue weighted by molar-refractivity contribution is -0.134. The highest BCUT2D eigenvalue weighted by molar-refractivity contribution is 5.86. The number of hydrogen-bond acceptors (Lipinski definition) is 2. The van der Waals surface area contributed by atoms with Crippen molar-refractivity contribution in [2.45, 2.75) is 38.8 Å². The molecule has 0 radical (unpaired) electrons. The normalized spacial score (nSPS) is 17.2. The van der Waals surface area contributed by atoms with E-state index in [0.29, 0.717) is 6.42 Å². The molecule has 1 unspecified atom stereocenters. The van der Waals surface area contributed by atoms with Crippen LogP contribution < -0.4 is 0 Å². The summed E-state index contributed by atoms with van der Waals surface area (Å²) in [5, 5.41) is 5.48. The Kier molecular flexibility index (Phi) is 3.84. The van der Waals surface area contributed by atoms with Crippen LogP contribution in [-0.4, -0.2) is 32.1 Å². The van der Waals surface area contributed by atoms with E-state index in [9.17, 15) is 4.79 Å². The van der Waals surface area contributed by atoms with E-state index in [1.165, 1.54) is 22.2 Å². The van der Waals surface area contributed by atoms with E-state index in [4.69, 9.17) is 0 Å². The lowest BCUT2D eigenvalue weighted by atomic mass is 9.98. The van der Waals surface area contributed by atoms with Crippen LogP contribution in [0.1, 0.15) is 37.1 Å². The van der Waals surface area contributed by atoms with Crippen LogP contribution in [-0.2, 0) is 17.8 Å². The number of H-pyrrole nitrogens is 1. The number of benzene rings is 1. The summed E-state index contributed by atoms with van der Waals surface area (Å²) in [6, 6.07) is 10.4. The molecule has 0 fully saturated rings. The van der Waals surface area contributed by atoms with Gasteiger partial charge >= 0.3 is 0 Å². The number of carbonyl (C=O) groups is 1. The molecule has 3 heterocycles. The minimum Gasteiger partial charge on any atom is -0.356 e. The Balaban J connectivity index is 1.46. The summed E-state index contributed by atoms with van der Waals surface area (Å²) in [6.07, 6.45) is 6.02. The predicted octanol–water partition coefficient (Wildman–Crippen LogP) is 3.29. The Morgan fingerprint density at radius 3 is 3.04 bits per heavy atom. The van der Waals surface area contributed by atoms with Gasteiger partial charge in [0.05, 0.1) is 6.04 Å². The van der Waals surface area contributed by atoms with Gasteiger partial charge in [0.2, 0.25) is 5.91 Å². The maximum atomic E-state index is 12.6. The maximum Gasteiger partial charge on any atom is 0.223 e. The quantitative estimate of drug-likeness (QED) is 0.801. The smallest absolute Gasteiger partial charge is 0.223 e. The summed E-state index contributed by atoms with van der Waals surface area (Å²) in [5.41, 5.74) is 3.74. The third-order valence-electron chi connectivity index (χ3n) is 4.99. The molecule has 0 spiro atoms. The lowest BCUT2D eigenvalue weighted by Gasteiger charge is -2.33. The van der Waals surface area contributed by atoms with Gasteiger partial charge < -0.3 is 9.88 Å². The molecular formula is C19H22N4O. The molecule has 0 saturated carbocycles. The number of aromatic amines is 1. The summed E-state index contributed by atoms with van der Waals surface area (Å²) in [5.74, 6) is 0.235. The first-order valence-corrected chi connectivity index (χ1v) is 8.60. The minimum atomic E-state index is 0.110. The van der Waals surface area contributed by atoms with Crippen molar-refractivity contribution in [3.63, 3.8) is 0 Å². The first kappa shape index (κ1) is 15.0. The first-order chi connectivity index (χ1) is 11.7. The van der Waals surface area contributed by atoms with Crippen LogP contribution in [0.3, 0.4) is 0 Å². The van der Waals surface area contributed by atoms with Crippen molar-refractivity contribution in [1.82, 2.24) is 19.7 Å². The van der Waals surface area contributed by atoms with E-state index in [0.717, 1.165) is 25.9 Å². The van der Waals surface area contributed by atoms with Crippen molar-refractivity contribution in [3.8, 4) is 0 Å². The van der Waals surface area contributed by atoms with Gasteiger partial charge in [-0.25, -0.2) is 0 Å². The molecule has 1 atom stereocenters. The minimum absolute atomic E-state index is 0.110. The number of fused-ring (bicyclic) bond motifs is 3. The second-order valence-corrected chi connectivity index (χ2v) is 6.45. The summed E-state index contributed by atoms with van der Waals surface area (Å²) in [7, 11) is 0. The van der Waals surface area contributed by atoms with Crippen molar-refractivity contribution in [2.75, 3.05) is 6.54 Å². The number of aromatic nitrogens is 3. The number of amides is 1. The van der Waals surface area contributed by atoms with E-state index in [1.54, 1.807) is 6.20 Å². The molecule has 0 aliphatic carbocycles. The van der Waals surface area contributed by atoms with Gasteiger partial charge in [-0.3, -0.25) is 9.48 Å². The summed E-state index contributed by atoms with van der Waals surface area (Å²) in [6.45, 7) is 3.72. The zero-order valence-corrected chi connectivity index (χ0v) is 13.9. The monoisotopic (exact) mass is 322 g/mol. The number of para-hydroxylation sites is 1. The average Bonchev–Trinajstić information content (AvgIpc) is 3.23. The SMILES string of the molecule is CC1c2[nH]c3ccccc3c2CCN1C(=O)CCCn1cccn1. The van der Waals surface area contributed by atoms with E-state index < -0.39 is 0 Å². The zero-order chi connectivity index (χ0) is 16.5. The van der Waals surface area contributed by atoms with Crippen LogP contribution in [0, 0.1) is 0 Å². The highest BCUT2D eigenvalue weighted by Crippen LogP contribution is 2.34. The fourth-order valence-electron chi connectivity index (χ4n) is 3.74. The van der Waals surface area contributed by atoms with Gasteiger partial charge in [-0.05, 0) is 37.5 Å². The Labute approximate surface area is 141 Å². The fourth-order valence-corrected chi connectivity index (χ4v) is 3.74. The van der Waals surface area contributed by atoms with Crippen molar-refractivity contribution < 1.29 is 4.79 Å². The van der Waals surface area contributed by atoms with Crippen LogP contribution in [0.25, 0.3) is 10.9 Å². The third kappa shape index (κ3) is 2.60. The Morgan fingerprint density at radius 1 is 1.33 bits per heavy atom. The molecule has 4 rings (SSSR count). The fraction of sp³-hybridized carbons (Fsp3) is 0.368. The summed E-state index contributed by atoms with van der Waals surface area (Å²) in [4.78, 5) is 18.2. The molecule has 5 heteroatoms. The molecule has 124 valence electrons. The van der Waals surface area contributed by atoms with Gasteiger partial charge in [-0.15, -0.1) is 0 Å². The number of aryl methyl sites for hydroxylation is 1. The van der Waals surface area contributed by atoms with Crippen LogP contribution in [0.5, 0.6) is 0 Å². The highest BCUT2D eigenvalue weighted by Gasteiger charge is 2.29.